The Morgan fingerprint density at radius 3 is 2.74 bits per heavy atom. The van der Waals surface area contributed by atoms with Crippen LogP contribution in [0, 0.1) is 5.92 Å². The van der Waals surface area contributed by atoms with Crippen molar-refractivity contribution in [3.05, 3.63) is 23.3 Å². The Labute approximate surface area is 165 Å². The van der Waals surface area contributed by atoms with Crippen LogP contribution in [0.1, 0.15) is 64.2 Å². The van der Waals surface area contributed by atoms with E-state index in [0.29, 0.717) is 11.8 Å². The summed E-state index contributed by atoms with van der Waals surface area (Å²) >= 11 is 1.89. The first-order valence-electron chi connectivity index (χ1n) is 10.2. The molecule has 2 aliphatic carbocycles. The number of aliphatic hydroxyl groups is 1. The maximum absolute atomic E-state index is 11.8. The van der Waals surface area contributed by atoms with E-state index in [4.69, 9.17) is 0 Å². The number of thioether (sulfide) groups is 1. The van der Waals surface area contributed by atoms with Gasteiger partial charge in [-0.1, -0.05) is 25.7 Å². The number of hydrogen-bond acceptors (Lipinski definition) is 5. The van der Waals surface area contributed by atoms with Crippen molar-refractivity contribution in [2.24, 2.45) is 5.92 Å². The van der Waals surface area contributed by atoms with Crippen LogP contribution in [0.5, 0.6) is 0 Å². The molecule has 6 heteroatoms. The van der Waals surface area contributed by atoms with Gasteiger partial charge in [0.2, 0.25) is 0 Å². The zero-order valence-corrected chi connectivity index (χ0v) is 16.7. The lowest BCUT2D eigenvalue weighted by Gasteiger charge is -2.33. The van der Waals surface area contributed by atoms with Crippen molar-refractivity contribution < 1.29 is 19.8 Å². The van der Waals surface area contributed by atoms with E-state index in [9.17, 15) is 19.8 Å². The van der Waals surface area contributed by atoms with Crippen LogP contribution in [-0.4, -0.2) is 45.2 Å². The van der Waals surface area contributed by atoms with Gasteiger partial charge in [-0.05, 0) is 55.7 Å². The smallest absolute Gasteiger partial charge is 0.335 e. The lowest BCUT2D eigenvalue weighted by molar-refractivity contribution is -0.132. The Kier molecular flexibility index (Phi) is 7.17. The summed E-state index contributed by atoms with van der Waals surface area (Å²) < 4.78 is 0. The minimum absolute atomic E-state index is 0.0164. The molecule has 3 rings (SSSR count). The average molecular weight is 394 g/mol. The quantitative estimate of drug-likeness (QED) is 0.586. The molecule has 2 unspecified atom stereocenters. The first-order chi connectivity index (χ1) is 13.0. The summed E-state index contributed by atoms with van der Waals surface area (Å²) in [5.41, 5.74) is 0.535. The number of carboxylic acids is 1. The molecule has 1 saturated heterocycles. The van der Waals surface area contributed by atoms with E-state index in [1.807, 2.05) is 11.8 Å². The summed E-state index contributed by atoms with van der Waals surface area (Å²) in [6, 6.07) is 0. The summed E-state index contributed by atoms with van der Waals surface area (Å²) in [4.78, 5) is 23.4. The maximum atomic E-state index is 11.8. The van der Waals surface area contributed by atoms with Crippen LogP contribution >= 0.6 is 11.8 Å². The summed E-state index contributed by atoms with van der Waals surface area (Å²) in [5.74, 6) is 0.385. The van der Waals surface area contributed by atoms with E-state index in [-0.39, 0.29) is 23.7 Å². The summed E-state index contributed by atoms with van der Waals surface area (Å²) in [7, 11) is 0. The molecule has 2 fully saturated rings. The zero-order chi connectivity index (χ0) is 19.3. The van der Waals surface area contributed by atoms with Crippen molar-refractivity contribution in [1.29, 1.82) is 0 Å². The average Bonchev–Trinajstić information content (AvgIpc) is 3.16. The van der Waals surface area contributed by atoms with Gasteiger partial charge in [0.15, 0.2) is 5.78 Å². The fourth-order valence-corrected chi connectivity index (χ4v) is 5.87. The Morgan fingerprint density at radius 1 is 1.30 bits per heavy atom. The first-order valence-corrected chi connectivity index (χ1v) is 11.3. The Bertz CT molecular complexity index is 616. The van der Waals surface area contributed by atoms with E-state index >= 15 is 0 Å². The van der Waals surface area contributed by atoms with Crippen molar-refractivity contribution >= 4 is 23.5 Å². The summed E-state index contributed by atoms with van der Waals surface area (Å²) in [6.07, 6.45) is 11.7. The number of ketones is 1. The van der Waals surface area contributed by atoms with Gasteiger partial charge in [0.05, 0.1) is 16.5 Å². The lowest BCUT2D eigenvalue weighted by atomic mass is 9.80. The predicted molar refractivity (Wildman–Crippen MR) is 108 cm³/mol. The molecule has 150 valence electrons. The fraction of sp³-hybridized carbons (Fsp3) is 0.714. The van der Waals surface area contributed by atoms with Gasteiger partial charge >= 0.3 is 5.97 Å². The number of aliphatic carboxylic acids is 1. The molecule has 27 heavy (non-hydrogen) atoms. The molecule has 3 N–H and O–H groups in total. The van der Waals surface area contributed by atoms with E-state index in [2.05, 4.69) is 5.32 Å². The highest BCUT2D eigenvalue weighted by molar-refractivity contribution is 8.00. The second-order valence-corrected chi connectivity index (χ2v) is 9.44. The van der Waals surface area contributed by atoms with E-state index in [0.717, 1.165) is 62.8 Å². The SMILES string of the molecule is O=C1C=CC(C(=O)O)=C(CC(CCCC2(O)CCCCC2)C2NCCS2)C1. The van der Waals surface area contributed by atoms with Gasteiger partial charge in [-0.25, -0.2) is 4.79 Å². The van der Waals surface area contributed by atoms with Crippen LogP contribution in [0.4, 0.5) is 0 Å². The zero-order valence-electron chi connectivity index (χ0n) is 15.9. The van der Waals surface area contributed by atoms with E-state index in [1.165, 1.54) is 18.6 Å². The molecule has 3 aliphatic rings. The molecule has 2 atom stereocenters. The number of allylic oxidation sites excluding steroid dienone is 2. The van der Waals surface area contributed by atoms with Crippen LogP contribution in [-0.2, 0) is 9.59 Å². The van der Waals surface area contributed by atoms with Crippen LogP contribution in [0.15, 0.2) is 23.3 Å². The second-order valence-electron chi connectivity index (χ2n) is 8.19. The minimum atomic E-state index is -0.948. The van der Waals surface area contributed by atoms with Crippen molar-refractivity contribution in [1.82, 2.24) is 5.32 Å². The van der Waals surface area contributed by atoms with Gasteiger partial charge in [-0.15, -0.1) is 11.8 Å². The highest BCUT2D eigenvalue weighted by Crippen LogP contribution is 2.37. The Balaban J connectivity index is 1.65. The standard InChI is InChI=1S/C21H31NO4S/c23-17-6-7-18(20(24)25)16(14-17)13-15(19-22-11-12-27-19)5-4-10-21(26)8-2-1-3-9-21/h6-7,15,19,22,26H,1-5,8-14H2,(H,24,25). The number of carbonyl (C=O) groups is 2. The third-order valence-corrected chi connectivity index (χ3v) is 7.47. The molecule has 1 heterocycles. The molecule has 0 spiro atoms. The Hall–Kier alpha value is -1.11. The molecule has 1 saturated carbocycles. The van der Waals surface area contributed by atoms with E-state index in [1.54, 1.807) is 0 Å². The topological polar surface area (TPSA) is 86.6 Å². The van der Waals surface area contributed by atoms with Gasteiger partial charge in [-0.2, -0.15) is 0 Å². The van der Waals surface area contributed by atoms with Crippen molar-refractivity contribution in [3.63, 3.8) is 0 Å². The van der Waals surface area contributed by atoms with Crippen LogP contribution in [0.3, 0.4) is 0 Å². The number of carbonyl (C=O) groups excluding carboxylic acids is 1. The van der Waals surface area contributed by atoms with E-state index < -0.39 is 11.6 Å². The molecule has 0 aromatic heterocycles. The Morgan fingerprint density at radius 2 is 2.07 bits per heavy atom. The van der Waals surface area contributed by atoms with Gasteiger partial charge < -0.3 is 15.5 Å². The number of rotatable bonds is 8. The molecule has 0 aromatic carbocycles. The number of hydrogen-bond donors (Lipinski definition) is 3. The van der Waals surface area contributed by atoms with Gasteiger partial charge in [-0.3, -0.25) is 4.79 Å². The molecule has 0 bridgehead atoms. The minimum Gasteiger partial charge on any atom is -0.478 e. The van der Waals surface area contributed by atoms with Crippen molar-refractivity contribution in [2.45, 2.75) is 75.2 Å². The third kappa shape index (κ3) is 5.69. The molecular formula is C21H31NO4S. The van der Waals surface area contributed by atoms with Crippen molar-refractivity contribution in [3.8, 4) is 0 Å². The number of nitrogens with one attached hydrogen (secondary N) is 1. The molecule has 0 amide bonds. The van der Waals surface area contributed by atoms with Crippen molar-refractivity contribution in [2.75, 3.05) is 12.3 Å². The predicted octanol–water partition coefficient (Wildman–Crippen LogP) is 3.43. The van der Waals surface area contributed by atoms with Gasteiger partial charge in [0.25, 0.3) is 0 Å². The highest BCUT2D eigenvalue weighted by Gasteiger charge is 2.32. The lowest BCUT2D eigenvalue weighted by Crippen LogP contribution is -2.33. The van der Waals surface area contributed by atoms with Gasteiger partial charge in [0.1, 0.15) is 0 Å². The molecule has 0 aromatic rings. The number of carboxylic acid groups (broad SMARTS) is 1. The summed E-state index contributed by atoms with van der Waals surface area (Å²) in [5, 5.41) is 24.1. The summed E-state index contributed by atoms with van der Waals surface area (Å²) in [6.45, 7) is 0.972. The van der Waals surface area contributed by atoms with Crippen LogP contribution in [0.2, 0.25) is 0 Å². The second kappa shape index (κ2) is 9.39. The molecule has 1 aliphatic heterocycles. The maximum Gasteiger partial charge on any atom is 0.335 e. The van der Waals surface area contributed by atoms with Gasteiger partial charge in [0, 0.05) is 18.7 Å². The van der Waals surface area contributed by atoms with Crippen LogP contribution < -0.4 is 5.32 Å². The molecule has 0 radical (unpaired) electrons. The highest BCUT2D eigenvalue weighted by atomic mass is 32.2. The molecular weight excluding hydrogens is 362 g/mol. The largest absolute Gasteiger partial charge is 0.478 e. The molecule has 5 nitrogen and oxygen atoms in total. The van der Waals surface area contributed by atoms with Crippen LogP contribution in [0.25, 0.3) is 0 Å². The monoisotopic (exact) mass is 393 g/mol. The third-order valence-electron chi connectivity index (χ3n) is 6.12. The normalized spacial score (nSPS) is 26.4. The first kappa shape index (κ1) is 20.6. The fourth-order valence-electron chi connectivity index (χ4n) is 4.64.